The normalized spacial score (nSPS) is 14.3. The number of benzene rings is 1. The third kappa shape index (κ3) is 1.87. The Morgan fingerprint density at radius 1 is 1.47 bits per heavy atom. The molecule has 2 aromatic rings. The highest BCUT2D eigenvalue weighted by molar-refractivity contribution is 6.08. The van der Waals surface area contributed by atoms with Gasteiger partial charge in [0.05, 0.1) is 17.6 Å². The van der Waals surface area contributed by atoms with Crippen molar-refractivity contribution in [1.82, 2.24) is 10.2 Å². The lowest BCUT2D eigenvalue weighted by Crippen LogP contribution is -2.36. The first-order valence-electron chi connectivity index (χ1n) is 6.37. The van der Waals surface area contributed by atoms with Crippen molar-refractivity contribution in [3.05, 3.63) is 41.2 Å². The zero-order valence-corrected chi connectivity index (χ0v) is 10.8. The van der Waals surface area contributed by atoms with Crippen LogP contribution in [0.4, 0.5) is 11.4 Å². The molecule has 0 aliphatic carbocycles. The summed E-state index contributed by atoms with van der Waals surface area (Å²) in [7, 11) is 0. The maximum absolute atomic E-state index is 12.6. The van der Waals surface area contributed by atoms with Crippen LogP contribution in [0.2, 0.25) is 0 Å². The molecule has 3 rings (SSSR count). The summed E-state index contributed by atoms with van der Waals surface area (Å²) in [5.41, 5.74) is 9.89. The van der Waals surface area contributed by atoms with E-state index in [2.05, 4.69) is 16.3 Å². The number of hydrogen-bond acceptors (Lipinski definition) is 3. The number of nitrogens with one attached hydrogen (secondary N) is 1. The topological polar surface area (TPSA) is 75.0 Å². The van der Waals surface area contributed by atoms with E-state index in [0.717, 1.165) is 30.6 Å². The average Bonchev–Trinajstić information content (AvgIpc) is 2.84. The number of rotatable bonds is 1. The molecule has 3 N–H and O–H groups in total. The molecule has 0 unspecified atom stereocenters. The minimum absolute atomic E-state index is 0.106. The van der Waals surface area contributed by atoms with Gasteiger partial charge in [0.1, 0.15) is 5.69 Å². The lowest BCUT2D eigenvalue weighted by Gasteiger charge is -2.30. The Morgan fingerprint density at radius 3 is 3.05 bits per heavy atom. The van der Waals surface area contributed by atoms with Crippen LogP contribution in [-0.4, -0.2) is 22.6 Å². The Hall–Kier alpha value is -2.30. The van der Waals surface area contributed by atoms with Gasteiger partial charge in [0.2, 0.25) is 0 Å². The number of nitrogens with two attached hydrogens (primary N) is 1. The van der Waals surface area contributed by atoms with E-state index >= 15 is 0 Å². The molecule has 0 fully saturated rings. The number of carbonyl (C=O) groups is 1. The molecule has 1 aromatic heterocycles. The number of anilines is 2. The third-order valence-corrected chi connectivity index (χ3v) is 3.55. The number of nitrogen functional groups attached to an aromatic ring is 1. The number of aromatic amines is 1. The van der Waals surface area contributed by atoms with Gasteiger partial charge in [-0.25, -0.2) is 0 Å². The molecule has 1 amide bonds. The first kappa shape index (κ1) is 11.8. The first-order valence-corrected chi connectivity index (χ1v) is 6.37. The van der Waals surface area contributed by atoms with Gasteiger partial charge in [-0.1, -0.05) is 18.2 Å². The number of aryl methyl sites for hydroxylation is 2. The van der Waals surface area contributed by atoms with Gasteiger partial charge in [-0.3, -0.25) is 9.89 Å². The van der Waals surface area contributed by atoms with E-state index < -0.39 is 0 Å². The van der Waals surface area contributed by atoms with Crippen LogP contribution in [0.15, 0.2) is 24.4 Å². The highest BCUT2D eigenvalue weighted by Crippen LogP contribution is 2.31. The van der Waals surface area contributed by atoms with Crippen molar-refractivity contribution in [3.63, 3.8) is 0 Å². The molecule has 1 aliphatic heterocycles. The molecule has 0 saturated carbocycles. The predicted molar refractivity (Wildman–Crippen MR) is 74.2 cm³/mol. The fraction of sp³-hybridized carbons (Fsp3) is 0.286. The molecule has 1 aromatic carbocycles. The van der Waals surface area contributed by atoms with Crippen LogP contribution in [0.1, 0.15) is 28.0 Å². The van der Waals surface area contributed by atoms with Crippen molar-refractivity contribution in [2.45, 2.75) is 19.8 Å². The van der Waals surface area contributed by atoms with Crippen LogP contribution < -0.4 is 10.6 Å². The molecule has 2 heterocycles. The fourth-order valence-electron chi connectivity index (χ4n) is 2.65. The molecule has 1 aliphatic rings. The van der Waals surface area contributed by atoms with Crippen LogP contribution in [0.25, 0.3) is 0 Å². The summed E-state index contributed by atoms with van der Waals surface area (Å²) in [5, 5.41) is 6.51. The molecule has 19 heavy (non-hydrogen) atoms. The van der Waals surface area contributed by atoms with E-state index in [1.807, 2.05) is 19.1 Å². The minimum atomic E-state index is -0.106. The van der Waals surface area contributed by atoms with Crippen LogP contribution in [0, 0.1) is 6.92 Å². The summed E-state index contributed by atoms with van der Waals surface area (Å²) < 4.78 is 0. The number of aromatic nitrogens is 2. The monoisotopic (exact) mass is 256 g/mol. The Kier molecular flexibility index (Phi) is 2.74. The molecular formula is C14H16N4O. The van der Waals surface area contributed by atoms with E-state index in [0.29, 0.717) is 11.4 Å². The Balaban J connectivity index is 2.05. The average molecular weight is 256 g/mol. The number of amides is 1. The number of hydrogen-bond donors (Lipinski definition) is 2. The summed E-state index contributed by atoms with van der Waals surface area (Å²) in [5.74, 6) is -0.106. The number of H-pyrrole nitrogens is 1. The number of nitrogens with zero attached hydrogens (tertiary/aromatic N) is 2. The molecule has 0 saturated heterocycles. The van der Waals surface area contributed by atoms with Crippen molar-refractivity contribution in [3.8, 4) is 0 Å². The van der Waals surface area contributed by atoms with E-state index in [1.54, 1.807) is 4.90 Å². The Labute approximate surface area is 111 Å². The lowest BCUT2D eigenvalue weighted by atomic mass is 9.98. The number of para-hydroxylation sites is 1. The summed E-state index contributed by atoms with van der Waals surface area (Å²) in [6.45, 7) is 2.75. The predicted octanol–water partition coefficient (Wildman–Crippen LogP) is 1.89. The summed E-state index contributed by atoms with van der Waals surface area (Å²) in [4.78, 5) is 14.4. The molecule has 0 atom stereocenters. The van der Waals surface area contributed by atoms with Crippen LogP contribution in [-0.2, 0) is 6.42 Å². The molecule has 0 bridgehead atoms. The van der Waals surface area contributed by atoms with Gasteiger partial charge in [-0.05, 0) is 30.9 Å². The van der Waals surface area contributed by atoms with E-state index in [9.17, 15) is 4.79 Å². The van der Waals surface area contributed by atoms with Gasteiger partial charge < -0.3 is 10.6 Å². The van der Waals surface area contributed by atoms with Gasteiger partial charge in [0.25, 0.3) is 5.91 Å². The SMILES string of the molecule is Cc1cccc2c1N(C(=O)c1[nH]ncc1N)CCC2. The molecule has 5 heteroatoms. The van der Waals surface area contributed by atoms with Crippen molar-refractivity contribution in [2.75, 3.05) is 17.2 Å². The van der Waals surface area contributed by atoms with Gasteiger partial charge in [0, 0.05) is 6.54 Å². The quantitative estimate of drug-likeness (QED) is 0.818. The Bertz CT molecular complexity index is 632. The molecule has 98 valence electrons. The molecule has 5 nitrogen and oxygen atoms in total. The van der Waals surface area contributed by atoms with Gasteiger partial charge >= 0.3 is 0 Å². The first-order chi connectivity index (χ1) is 9.18. The summed E-state index contributed by atoms with van der Waals surface area (Å²) >= 11 is 0. The van der Waals surface area contributed by atoms with Crippen molar-refractivity contribution in [2.24, 2.45) is 0 Å². The highest BCUT2D eigenvalue weighted by atomic mass is 16.2. The standard InChI is InChI=1S/C14H16N4O/c1-9-4-2-5-10-6-3-7-18(13(9)10)14(19)12-11(15)8-16-17-12/h2,4-5,8H,3,6-7,15H2,1H3,(H,16,17). The van der Waals surface area contributed by atoms with E-state index in [-0.39, 0.29) is 5.91 Å². The van der Waals surface area contributed by atoms with Crippen molar-refractivity contribution < 1.29 is 4.79 Å². The number of fused-ring (bicyclic) bond motifs is 1. The van der Waals surface area contributed by atoms with Gasteiger partial charge in [0.15, 0.2) is 0 Å². The van der Waals surface area contributed by atoms with Crippen LogP contribution in [0.5, 0.6) is 0 Å². The maximum atomic E-state index is 12.6. The fourth-order valence-corrected chi connectivity index (χ4v) is 2.65. The second-order valence-electron chi connectivity index (χ2n) is 4.84. The summed E-state index contributed by atoms with van der Waals surface area (Å²) in [6.07, 6.45) is 3.45. The molecule has 0 spiro atoms. The van der Waals surface area contributed by atoms with E-state index in [4.69, 9.17) is 5.73 Å². The third-order valence-electron chi connectivity index (χ3n) is 3.55. The van der Waals surface area contributed by atoms with Crippen molar-refractivity contribution >= 4 is 17.3 Å². The van der Waals surface area contributed by atoms with Crippen LogP contribution in [0.3, 0.4) is 0 Å². The second kappa shape index (κ2) is 4.42. The smallest absolute Gasteiger partial charge is 0.278 e. The number of carbonyl (C=O) groups excluding carboxylic acids is 1. The van der Waals surface area contributed by atoms with E-state index in [1.165, 1.54) is 11.8 Å². The molecular weight excluding hydrogens is 240 g/mol. The zero-order valence-electron chi connectivity index (χ0n) is 10.8. The second-order valence-corrected chi connectivity index (χ2v) is 4.84. The minimum Gasteiger partial charge on any atom is -0.396 e. The zero-order chi connectivity index (χ0) is 13.4. The molecule has 0 radical (unpaired) electrons. The Morgan fingerprint density at radius 2 is 2.32 bits per heavy atom. The van der Waals surface area contributed by atoms with Gasteiger partial charge in [-0.15, -0.1) is 0 Å². The maximum Gasteiger partial charge on any atom is 0.278 e. The van der Waals surface area contributed by atoms with Crippen LogP contribution >= 0.6 is 0 Å². The van der Waals surface area contributed by atoms with Gasteiger partial charge in [-0.2, -0.15) is 5.10 Å². The highest BCUT2D eigenvalue weighted by Gasteiger charge is 2.26. The lowest BCUT2D eigenvalue weighted by molar-refractivity contribution is 0.0981. The van der Waals surface area contributed by atoms with Crippen molar-refractivity contribution in [1.29, 1.82) is 0 Å². The largest absolute Gasteiger partial charge is 0.396 e. The summed E-state index contributed by atoms with van der Waals surface area (Å²) in [6, 6.07) is 6.14.